The van der Waals surface area contributed by atoms with Crippen LogP contribution in [-0.2, 0) is 0 Å². The van der Waals surface area contributed by atoms with Crippen molar-refractivity contribution in [1.29, 1.82) is 0 Å². The van der Waals surface area contributed by atoms with Gasteiger partial charge in [0.25, 0.3) is 5.91 Å². The number of halogens is 3. The minimum atomic E-state index is -4.49. The highest BCUT2D eigenvalue weighted by atomic mass is 19.4. The normalized spacial score (nSPS) is 18.3. The minimum Gasteiger partial charge on any atom is -0.363 e. The number of nitrogens with zero attached hydrogens (tertiary/aromatic N) is 2. The number of amides is 1. The predicted octanol–water partition coefficient (Wildman–Crippen LogP) is 5.72. The first-order chi connectivity index (χ1) is 14.6. The van der Waals surface area contributed by atoms with Gasteiger partial charge in [0.05, 0.1) is 6.04 Å². The molecule has 0 spiro atoms. The maximum absolute atomic E-state index is 13.8. The number of aryl methyl sites for hydroxylation is 3. The summed E-state index contributed by atoms with van der Waals surface area (Å²) in [4.78, 5) is 12.7. The predicted molar refractivity (Wildman–Crippen MR) is 113 cm³/mol. The SMILES string of the molecule is Cc1ccc([C@@H]2C[C@@H](C(F)(F)F)n3nc(C(=O)Nc4ccc(C)cc4C)cc3N2)cc1. The number of alkyl halides is 3. The lowest BCUT2D eigenvalue weighted by molar-refractivity contribution is -0.173. The Morgan fingerprint density at radius 3 is 2.39 bits per heavy atom. The van der Waals surface area contributed by atoms with Gasteiger partial charge in [0.15, 0.2) is 11.7 Å². The maximum atomic E-state index is 13.8. The second kappa shape index (κ2) is 7.76. The summed E-state index contributed by atoms with van der Waals surface area (Å²) in [6, 6.07) is 11.9. The average molecular weight is 428 g/mol. The van der Waals surface area contributed by atoms with E-state index >= 15 is 0 Å². The molecule has 1 aliphatic rings. The third-order valence-corrected chi connectivity index (χ3v) is 5.53. The van der Waals surface area contributed by atoms with E-state index in [1.165, 1.54) is 6.07 Å². The molecule has 0 bridgehead atoms. The van der Waals surface area contributed by atoms with Crippen molar-refractivity contribution in [3.63, 3.8) is 0 Å². The highest BCUT2D eigenvalue weighted by Crippen LogP contribution is 2.43. The van der Waals surface area contributed by atoms with E-state index in [0.717, 1.165) is 26.9 Å². The molecule has 162 valence electrons. The minimum absolute atomic E-state index is 0.0683. The van der Waals surface area contributed by atoms with Crippen LogP contribution in [-0.4, -0.2) is 21.9 Å². The molecule has 0 unspecified atom stereocenters. The average Bonchev–Trinajstić information content (AvgIpc) is 3.13. The Hall–Kier alpha value is -3.29. The van der Waals surface area contributed by atoms with Crippen molar-refractivity contribution < 1.29 is 18.0 Å². The van der Waals surface area contributed by atoms with Gasteiger partial charge in [-0.1, -0.05) is 47.5 Å². The van der Waals surface area contributed by atoms with E-state index in [0.29, 0.717) is 5.69 Å². The molecule has 3 aromatic rings. The number of carbonyl (C=O) groups is 1. The van der Waals surface area contributed by atoms with Crippen molar-refractivity contribution in [2.75, 3.05) is 10.6 Å². The van der Waals surface area contributed by atoms with Gasteiger partial charge in [-0.05, 0) is 38.0 Å². The largest absolute Gasteiger partial charge is 0.410 e. The van der Waals surface area contributed by atoms with Crippen LogP contribution in [0.2, 0.25) is 0 Å². The number of fused-ring (bicyclic) bond motifs is 1. The molecule has 0 saturated heterocycles. The molecular formula is C23H23F3N4O. The van der Waals surface area contributed by atoms with Crippen molar-refractivity contribution in [1.82, 2.24) is 9.78 Å². The summed E-state index contributed by atoms with van der Waals surface area (Å²) in [5.74, 6) is -0.381. The molecule has 0 fully saturated rings. The highest BCUT2D eigenvalue weighted by molar-refractivity contribution is 6.03. The standard InChI is InChI=1S/C23H23F3N4O/c1-13-4-7-16(8-5-13)18-11-20(23(24,25)26)30-21(27-18)12-19(29-30)22(31)28-17-9-6-14(2)10-15(17)3/h4-10,12,18,20,27H,11H2,1-3H3,(H,28,31)/t18-,20-/m0/s1. The molecule has 4 rings (SSSR count). The molecule has 2 aromatic carbocycles. The van der Waals surface area contributed by atoms with Gasteiger partial charge in [-0.2, -0.15) is 18.3 Å². The molecule has 5 nitrogen and oxygen atoms in total. The first-order valence-electron chi connectivity index (χ1n) is 10.00. The number of carbonyl (C=O) groups excluding carboxylic acids is 1. The van der Waals surface area contributed by atoms with E-state index in [1.54, 1.807) is 6.07 Å². The number of anilines is 2. The first-order valence-corrected chi connectivity index (χ1v) is 10.00. The zero-order valence-electron chi connectivity index (χ0n) is 17.4. The molecule has 1 aromatic heterocycles. The van der Waals surface area contributed by atoms with E-state index in [-0.39, 0.29) is 17.9 Å². The highest BCUT2D eigenvalue weighted by Gasteiger charge is 2.46. The number of benzene rings is 2. The Morgan fingerprint density at radius 1 is 1.06 bits per heavy atom. The van der Waals surface area contributed by atoms with Gasteiger partial charge in [-0.25, -0.2) is 4.68 Å². The van der Waals surface area contributed by atoms with Gasteiger partial charge in [0, 0.05) is 18.2 Å². The summed E-state index contributed by atoms with van der Waals surface area (Å²) < 4.78 is 42.4. The lowest BCUT2D eigenvalue weighted by Gasteiger charge is -2.33. The molecule has 2 N–H and O–H groups in total. The summed E-state index contributed by atoms with van der Waals surface area (Å²) in [6.45, 7) is 5.72. The van der Waals surface area contributed by atoms with Crippen LogP contribution >= 0.6 is 0 Å². The number of aromatic nitrogens is 2. The fourth-order valence-corrected chi connectivity index (χ4v) is 3.84. The zero-order valence-corrected chi connectivity index (χ0v) is 17.4. The number of rotatable bonds is 3. The Kier molecular flexibility index (Phi) is 5.24. The lowest BCUT2D eigenvalue weighted by atomic mass is 9.96. The Labute approximate surface area is 178 Å². The second-order valence-electron chi connectivity index (χ2n) is 8.03. The fourth-order valence-electron chi connectivity index (χ4n) is 3.84. The Bertz CT molecular complexity index is 1120. The molecule has 0 saturated carbocycles. The smallest absolute Gasteiger partial charge is 0.363 e. The molecule has 1 aliphatic heterocycles. The van der Waals surface area contributed by atoms with Gasteiger partial charge in [-0.3, -0.25) is 4.79 Å². The molecule has 2 atom stereocenters. The zero-order chi connectivity index (χ0) is 22.3. The van der Waals surface area contributed by atoms with Crippen LogP contribution < -0.4 is 10.6 Å². The molecule has 8 heteroatoms. The topological polar surface area (TPSA) is 59.0 Å². The van der Waals surface area contributed by atoms with Crippen LogP contribution in [0, 0.1) is 20.8 Å². The monoisotopic (exact) mass is 428 g/mol. The van der Waals surface area contributed by atoms with Crippen LogP contribution in [0.3, 0.4) is 0 Å². The van der Waals surface area contributed by atoms with Crippen molar-refractivity contribution in [3.8, 4) is 0 Å². The second-order valence-corrected chi connectivity index (χ2v) is 8.03. The Morgan fingerprint density at radius 2 is 1.74 bits per heavy atom. The number of hydrogen-bond donors (Lipinski definition) is 2. The van der Waals surface area contributed by atoms with Crippen molar-refractivity contribution in [2.45, 2.75) is 45.5 Å². The summed E-state index contributed by atoms with van der Waals surface area (Å²) in [5.41, 5.74) is 4.23. The summed E-state index contributed by atoms with van der Waals surface area (Å²) >= 11 is 0. The van der Waals surface area contributed by atoms with Gasteiger partial charge < -0.3 is 10.6 Å². The van der Waals surface area contributed by atoms with E-state index in [9.17, 15) is 18.0 Å². The molecule has 31 heavy (non-hydrogen) atoms. The van der Waals surface area contributed by atoms with Crippen LogP contribution in [0.15, 0.2) is 48.5 Å². The molecule has 2 heterocycles. The summed E-state index contributed by atoms with van der Waals surface area (Å²) in [7, 11) is 0. The summed E-state index contributed by atoms with van der Waals surface area (Å²) in [6.07, 6.45) is -4.70. The lowest BCUT2D eigenvalue weighted by Crippen LogP contribution is -2.35. The molecule has 0 aliphatic carbocycles. The third-order valence-electron chi connectivity index (χ3n) is 5.53. The molecule has 0 radical (unpaired) electrons. The quantitative estimate of drug-likeness (QED) is 0.561. The number of nitrogens with one attached hydrogen (secondary N) is 2. The van der Waals surface area contributed by atoms with Crippen molar-refractivity contribution in [2.24, 2.45) is 0 Å². The Balaban J connectivity index is 1.64. The van der Waals surface area contributed by atoms with Gasteiger partial charge in [-0.15, -0.1) is 0 Å². The summed E-state index contributed by atoms with van der Waals surface area (Å²) in [5, 5.41) is 9.86. The maximum Gasteiger partial charge on any atom is 0.410 e. The van der Waals surface area contributed by atoms with Crippen molar-refractivity contribution >= 4 is 17.4 Å². The van der Waals surface area contributed by atoms with Crippen LogP contribution in [0.4, 0.5) is 24.7 Å². The van der Waals surface area contributed by atoms with Gasteiger partial charge >= 0.3 is 6.18 Å². The van der Waals surface area contributed by atoms with Crippen LogP contribution in [0.5, 0.6) is 0 Å². The van der Waals surface area contributed by atoms with E-state index < -0.39 is 24.2 Å². The van der Waals surface area contributed by atoms with E-state index in [2.05, 4.69) is 15.7 Å². The van der Waals surface area contributed by atoms with Gasteiger partial charge in [0.2, 0.25) is 0 Å². The van der Waals surface area contributed by atoms with Crippen LogP contribution in [0.1, 0.15) is 51.2 Å². The fraction of sp³-hybridized carbons (Fsp3) is 0.304. The van der Waals surface area contributed by atoms with Crippen molar-refractivity contribution in [3.05, 3.63) is 76.5 Å². The van der Waals surface area contributed by atoms with Crippen LogP contribution in [0.25, 0.3) is 0 Å². The van der Waals surface area contributed by atoms with Gasteiger partial charge in [0.1, 0.15) is 5.82 Å². The third kappa shape index (κ3) is 4.28. The van der Waals surface area contributed by atoms with E-state index in [1.807, 2.05) is 57.2 Å². The molecular weight excluding hydrogens is 405 g/mol. The van der Waals surface area contributed by atoms with E-state index in [4.69, 9.17) is 0 Å². The molecule has 1 amide bonds. The first kappa shape index (κ1) is 21.0. The number of hydrogen-bond acceptors (Lipinski definition) is 3.